The maximum atomic E-state index is 2.40. The predicted octanol–water partition coefficient (Wildman–Crippen LogP) is 5.20. The molecular weight excluding hydrogens is 192 g/mol. The van der Waals surface area contributed by atoms with Crippen LogP contribution in [0.25, 0.3) is 0 Å². The Labute approximate surface area is 100 Å². The highest BCUT2D eigenvalue weighted by atomic mass is 14.2. The van der Waals surface area contributed by atoms with E-state index in [4.69, 9.17) is 0 Å². The third kappa shape index (κ3) is 3.52. The highest BCUT2D eigenvalue weighted by Crippen LogP contribution is 2.27. The van der Waals surface area contributed by atoms with E-state index in [1.54, 1.807) is 0 Å². The lowest BCUT2D eigenvalue weighted by molar-refractivity contribution is 0.765. The van der Waals surface area contributed by atoms with Crippen LogP contribution in [0.2, 0.25) is 0 Å². The van der Waals surface area contributed by atoms with Crippen LogP contribution in [0.1, 0.15) is 47.0 Å². The molecule has 0 aromatic rings. The Hall–Kier alpha value is -1.04. The summed E-state index contributed by atoms with van der Waals surface area (Å²) in [7, 11) is 0. The van der Waals surface area contributed by atoms with E-state index in [2.05, 4.69) is 58.1 Å². The Bertz CT molecular complexity index is 337. The maximum absolute atomic E-state index is 2.40. The van der Waals surface area contributed by atoms with Crippen LogP contribution in [0.3, 0.4) is 0 Å². The minimum atomic E-state index is 0.589. The Morgan fingerprint density at radius 3 is 2.44 bits per heavy atom. The van der Waals surface area contributed by atoms with Gasteiger partial charge in [0.15, 0.2) is 0 Å². The molecule has 0 heterocycles. The van der Waals surface area contributed by atoms with Crippen LogP contribution in [0.4, 0.5) is 0 Å². The molecule has 1 unspecified atom stereocenters. The third-order valence-corrected chi connectivity index (χ3v) is 3.36. The van der Waals surface area contributed by atoms with E-state index in [1.807, 2.05) is 0 Å². The first kappa shape index (κ1) is 13.0. The molecule has 0 aromatic heterocycles. The van der Waals surface area contributed by atoms with Gasteiger partial charge in [0.2, 0.25) is 0 Å². The van der Waals surface area contributed by atoms with Gasteiger partial charge in [-0.2, -0.15) is 0 Å². The molecule has 0 fully saturated rings. The summed E-state index contributed by atoms with van der Waals surface area (Å²) in [6, 6.07) is 0. The molecule has 1 atom stereocenters. The van der Waals surface area contributed by atoms with Crippen LogP contribution >= 0.6 is 0 Å². The largest absolute Gasteiger partial charge is 0.0836 e. The van der Waals surface area contributed by atoms with Crippen molar-refractivity contribution in [3.8, 4) is 0 Å². The molecule has 0 spiro atoms. The fourth-order valence-electron chi connectivity index (χ4n) is 1.93. The first-order valence-corrected chi connectivity index (χ1v) is 6.39. The molecule has 1 aliphatic carbocycles. The second kappa shape index (κ2) is 6.52. The average molecular weight is 216 g/mol. The fourth-order valence-corrected chi connectivity index (χ4v) is 1.93. The van der Waals surface area contributed by atoms with Crippen LogP contribution in [-0.2, 0) is 0 Å². The zero-order valence-electron chi connectivity index (χ0n) is 11.1. The quantitative estimate of drug-likeness (QED) is 0.566. The van der Waals surface area contributed by atoms with Crippen LogP contribution < -0.4 is 0 Å². The zero-order valence-corrected chi connectivity index (χ0v) is 11.1. The van der Waals surface area contributed by atoms with Gasteiger partial charge in [0.05, 0.1) is 0 Å². The van der Waals surface area contributed by atoms with Gasteiger partial charge in [-0.15, -0.1) is 0 Å². The lowest BCUT2D eigenvalue weighted by Crippen LogP contribution is -2.03. The second-order valence-corrected chi connectivity index (χ2v) is 4.59. The first-order valence-electron chi connectivity index (χ1n) is 6.39. The SMILES string of the molecule is CC/C(C)=C\C(=C(/C)CC)C1C=CC=CC1. The lowest BCUT2D eigenvalue weighted by Gasteiger charge is -2.18. The average Bonchev–Trinajstić information content (AvgIpc) is 2.35. The Kier molecular flexibility index (Phi) is 5.31. The summed E-state index contributed by atoms with van der Waals surface area (Å²) < 4.78 is 0. The van der Waals surface area contributed by atoms with Gasteiger partial charge in [0.1, 0.15) is 0 Å². The predicted molar refractivity (Wildman–Crippen MR) is 73.4 cm³/mol. The van der Waals surface area contributed by atoms with Gasteiger partial charge in [0.25, 0.3) is 0 Å². The highest BCUT2D eigenvalue weighted by Gasteiger charge is 2.11. The normalized spacial score (nSPS) is 22.2. The smallest absolute Gasteiger partial charge is 0.00551 e. The van der Waals surface area contributed by atoms with Crippen molar-refractivity contribution >= 4 is 0 Å². The van der Waals surface area contributed by atoms with Gasteiger partial charge in [-0.1, -0.05) is 55.4 Å². The molecule has 1 rings (SSSR count). The Morgan fingerprint density at radius 1 is 1.19 bits per heavy atom. The van der Waals surface area contributed by atoms with Gasteiger partial charge < -0.3 is 0 Å². The molecule has 88 valence electrons. The molecule has 0 saturated heterocycles. The maximum Gasteiger partial charge on any atom is 0.00551 e. The van der Waals surface area contributed by atoms with Crippen molar-refractivity contribution in [3.63, 3.8) is 0 Å². The van der Waals surface area contributed by atoms with Crippen LogP contribution in [-0.4, -0.2) is 0 Å². The zero-order chi connectivity index (χ0) is 12.0. The third-order valence-electron chi connectivity index (χ3n) is 3.36. The molecule has 0 bridgehead atoms. The summed E-state index contributed by atoms with van der Waals surface area (Å²) in [6.07, 6.45) is 14.8. The minimum Gasteiger partial charge on any atom is -0.0836 e. The molecule has 0 saturated carbocycles. The van der Waals surface area contributed by atoms with E-state index in [9.17, 15) is 0 Å². The van der Waals surface area contributed by atoms with E-state index >= 15 is 0 Å². The van der Waals surface area contributed by atoms with E-state index in [0.29, 0.717) is 5.92 Å². The van der Waals surface area contributed by atoms with Gasteiger partial charge in [-0.05, 0) is 38.7 Å². The van der Waals surface area contributed by atoms with Gasteiger partial charge in [-0.3, -0.25) is 0 Å². The number of hydrogen-bond donors (Lipinski definition) is 0. The summed E-state index contributed by atoms with van der Waals surface area (Å²) in [5, 5.41) is 0. The van der Waals surface area contributed by atoms with E-state index in [1.165, 1.54) is 16.7 Å². The molecule has 0 heteroatoms. The first-order chi connectivity index (χ1) is 7.69. The van der Waals surface area contributed by atoms with Crippen molar-refractivity contribution in [2.75, 3.05) is 0 Å². The van der Waals surface area contributed by atoms with E-state index in [-0.39, 0.29) is 0 Å². The minimum absolute atomic E-state index is 0.589. The van der Waals surface area contributed by atoms with Gasteiger partial charge in [-0.25, -0.2) is 0 Å². The fraction of sp³-hybridized carbons (Fsp3) is 0.500. The van der Waals surface area contributed by atoms with Crippen molar-refractivity contribution in [2.24, 2.45) is 5.92 Å². The van der Waals surface area contributed by atoms with Crippen LogP contribution in [0.5, 0.6) is 0 Å². The Morgan fingerprint density at radius 2 is 1.94 bits per heavy atom. The van der Waals surface area contributed by atoms with Crippen molar-refractivity contribution in [3.05, 3.63) is 47.1 Å². The monoisotopic (exact) mass is 216 g/mol. The lowest BCUT2D eigenvalue weighted by atomic mass is 9.87. The molecule has 0 aliphatic heterocycles. The molecule has 0 N–H and O–H groups in total. The van der Waals surface area contributed by atoms with Crippen LogP contribution in [0, 0.1) is 5.92 Å². The highest BCUT2D eigenvalue weighted by molar-refractivity contribution is 5.35. The standard InChI is InChI=1S/C16H24/c1-5-13(3)12-16(14(4)6-2)15-10-8-7-9-11-15/h7-10,12,15H,5-6,11H2,1-4H3/b13-12-,16-14-. The van der Waals surface area contributed by atoms with Crippen molar-refractivity contribution in [1.29, 1.82) is 0 Å². The van der Waals surface area contributed by atoms with Crippen molar-refractivity contribution in [2.45, 2.75) is 47.0 Å². The van der Waals surface area contributed by atoms with Gasteiger partial charge in [0, 0.05) is 5.92 Å². The summed E-state index contributed by atoms with van der Waals surface area (Å²) in [5.74, 6) is 0.589. The van der Waals surface area contributed by atoms with E-state index in [0.717, 1.165) is 19.3 Å². The number of allylic oxidation sites excluding steroid dienone is 8. The number of rotatable bonds is 4. The topological polar surface area (TPSA) is 0 Å². The summed E-state index contributed by atoms with van der Waals surface area (Å²) in [6.45, 7) is 8.96. The van der Waals surface area contributed by atoms with Crippen molar-refractivity contribution in [1.82, 2.24) is 0 Å². The molecule has 1 aliphatic rings. The molecule has 0 aromatic carbocycles. The summed E-state index contributed by atoms with van der Waals surface area (Å²) in [4.78, 5) is 0. The van der Waals surface area contributed by atoms with E-state index < -0.39 is 0 Å². The van der Waals surface area contributed by atoms with Crippen LogP contribution in [0.15, 0.2) is 47.1 Å². The number of hydrogen-bond acceptors (Lipinski definition) is 0. The van der Waals surface area contributed by atoms with Gasteiger partial charge >= 0.3 is 0 Å². The summed E-state index contributed by atoms with van der Waals surface area (Å²) >= 11 is 0. The summed E-state index contributed by atoms with van der Waals surface area (Å²) in [5.41, 5.74) is 4.53. The second-order valence-electron chi connectivity index (χ2n) is 4.59. The van der Waals surface area contributed by atoms with Crippen molar-refractivity contribution < 1.29 is 0 Å². The molecular formula is C16H24. The molecule has 0 amide bonds. The molecule has 0 nitrogen and oxygen atoms in total. The molecule has 16 heavy (non-hydrogen) atoms. The molecule has 0 radical (unpaired) electrons. The Balaban J connectivity index is 2.97.